The quantitative estimate of drug-likeness (QED) is 0.413. The second-order valence-electron chi connectivity index (χ2n) is 12.0. The molecule has 2 amide bonds. The number of anilines is 1. The molecule has 0 radical (unpaired) electrons. The fourth-order valence-corrected chi connectivity index (χ4v) is 6.40. The number of hydrogen-bond acceptors (Lipinski definition) is 6. The molecular formula is C35H46N4O4. The molecule has 5 rings (SSSR count). The molecule has 1 unspecified atom stereocenters. The smallest absolute Gasteiger partial charge is 0.254 e. The first-order chi connectivity index (χ1) is 20.8. The predicted octanol–water partition coefficient (Wildman–Crippen LogP) is 5.18. The van der Waals surface area contributed by atoms with Crippen molar-refractivity contribution in [3.8, 4) is 11.1 Å². The summed E-state index contributed by atoms with van der Waals surface area (Å²) in [4.78, 5) is 35.4. The van der Waals surface area contributed by atoms with Crippen LogP contribution in [-0.4, -0.2) is 81.1 Å². The van der Waals surface area contributed by atoms with E-state index in [4.69, 9.17) is 9.47 Å². The Labute approximate surface area is 256 Å². The number of benzene rings is 2. The second kappa shape index (κ2) is 14.4. The lowest BCUT2D eigenvalue weighted by Gasteiger charge is -2.37. The van der Waals surface area contributed by atoms with Crippen LogP contribution < -0.4 is 10.2 Å². The van der Waals surface area contributed by atoms with Gasteiger partial charge in [-0.25, -0.2) is 4.99 Å². The first kappa shape index (κ1) is 31.1. The van der Waals surface area contributed by atoms with Crippen LogP contribution in [0.3, 0.4) is 0 Å². The number of nitrogens with one attached hydrogen (secondary N) is 1. The highest BCUT2D eigenvalue weighted by Gasteiger charge is 2.27. The third-order valence-corrected chi connectivity index (χ3v) is 8.87. The van der Waals surface area contributed by atoms with E-state index >= 15 is 0 Å². The minimum atomic E-state index is -0.437. The summed E-state index contributed by atoms with van der Waals surface area (Å²) in [5.74, 6) is -0.803. The van der Waals surface area contributed by atoms with Crippen LogP contribution in [-0.2, 0) is 20.8 Å². The normalized spacial score (nSPS) is 20.0. The van der Waals surface area contributed by atoms with Gasteiger partial charge in [-0.3, -0.25) is 14.5 Å². The van der Waals surface area contributed by atoms with Crippen LogP contribution in [0.4, 0.5) is 5.69 Å². The monoisotopic (exact) mass is 586 g/mol. The van der Waals surface area contributed by atoms with Crippen LogP contribution in [0.1, 0.15) is 61.5 Å². The molecule has 3 heterocycles. The van der Waals surface area contributed by atoms with Crippen LogP contribution in [0.5, 0.6) is 0 Å². The zero-order chi connectivity index (χ0) is 30.3. The zero-order valence-corrected chi connectivity index (χ0v) is 26.2. The zero-order valence-electron chi connectivity index (χ0n) is 26.2. The lowest BCUT2D eigenvalue weighted by atomic mass is 9.93. The highest BCUT2D eigenvalue weighted by Crippen LogP contribution is 2.34. The van der Waals surface area contributed by atoms with Crippen LogP contribution in [0, 0.1) is 12.8 Å². The van der Waals surface area contributed by atoms with Gasteiger partial charge in [0, 0.05) is 68.9 Å². The van der Waals surface area contributed by atoms with E-state index in [9.17, 15) is 9.59 Å². The molecule has 8 nitrogen and oxygen atoms in total. The van der Waals surface area contributed by atoms with E-state index in [-0.39, 0.29) is 18.4 Å². The van der Waals surface area contributed by atoms with E-state index in [2.05, 4.69) is 57.4 Å². The van der Waals surface area contributed by atoms with Crippen molar-refractivity contribution in [3.05, 3.63) is 64.7 Å². The highest BCUT2D eigenvalue weighted by atomic mass is 16.5. The molecule has 2 fully saturated rings. The Morgan fingerprint density at radius 2 is 1.70 bits per heavy atom. The number of carbonyl (C=O) groups excluding carboxylic acids is 2. The fraction of sp³-hybridized carbons (Fsp3) is 0.514. The number of nitrogens with zero attached hydrogens (tertiary/aromatic N) is 3. The molecule has 0 spiro atoms. The van der Waals surface area contributed by atoms with Crippen LogP contribution in [0.15, 0.2) is 53.0 Å². The van der Waals surface area contributed by atoms with Gasteiger partial charge < -0.3 is 19.7 Å². The molecule has 0 aliphatic carbocycles. The molecule has 3 aliphatic rings. The van der Waals surface area contributed by atoms with E-state index in [0.717, 1.165) is 99.8 Å². The molecule has 0 bridgehead atoms. The lowest BCUT2D eigenvalue weighted by Crippen LogP contribution is -2.41. The number of allylic oxidation sites excluding steroid dienone is 1. The summed E-state index contributed by atoms with van der Waals surface area (Å²) >= 11 is 0. The Bertz CT molecular complexity index is 1350. The maximum absolute atomic E-state index is 13.8. The van der Waals surface area contributed by atoms with Crippen molar-refractivity contribution in [1.29, 1.82) is 0 Å². The number of ether oxygens (including phenoxy) is 2. The van der Waals surface area contributed by atoms with Gasteiger partial charge in [-0.2, -0.15) is 0 Å². The van der Waals surface area contributed by atoms with Gasteiger partial charge in [0.25, 0.3) is 11.8 Å². The summed E-state index contributed by atoms with van der Waals surface area (Å²) in [6, 6.07) is 13.3. The topological polar surface area (TPSA) is 83.5 Å². The Hall–Kier alpha value is -3.33. The summed E-state index contributed by atoms with van der Waals surface area (Å²) in [6.45, 7) is 15.0. The van der Waals surface area contributed by atoms with Gasteiger partial charge in [-0.15, -0.1) is 0 Å². The Kier molecular flexibility index (Phi) is 10.4. The van der Waals surface area contributed by atoms with E-state index in [1.165, 1.54) is 5.56 Å². The van der Waals surface area contributed by atoms with E-state index < -0.39 is 5.92 Å². The van der Waals surface area contributed by atoms with Crippen LogP contribution >= 0.6 is 0 Å². The van der Waals surface area contributed by atoms with Crippen molar-refractivity contribution in [2.75, 3.05) is 57.5 Å². The van der Waals surface area contributed by atoms with Gasteiger partial charge in [0.1, 0.15) is 0 Å². The summed E-state index contributed by atoms with van der Waals surface area (Å²) in [5, 5.41) is 3.07. The summed E-state index contributed by atoms with van der Waals surface area (Å²) in [7, 11) is 0. The van der Waals surface area contributed by atoms with Crippen molar-refractivity contribution in [3.63, 3.8) is 0 Å². The molecule has 230 valence electrons. The van der Waals surface area contributed by atoms with Gasteiger partial charge >= 0.3 is 0 Å². The predicted molar refractivity (Wildman–Crippen MR) is 172 cm³/mol. The number of hydrogen-bond donors (Lipinski definition) is 1. The minimum absolute atomic E-state index is 0.167. The molecule has 0 aromatic heterocycles. The molecule has 2 aromatic carbocycles. The first-order valence-electron chi connectivity index (χ1n) is 15.8. The third-order valence-electron chi connectivity index (χ3n) is 8.87. The molecule has 1 N–H and O–H groups in total. The largest absolute Gasteiger partial charge is 0.381 e. The van der Waals surface area contributed by atoms with Gasteiger partial charge in [0.05, 0.1) is 19.1 Å². The highest BCUT2D eigenvalue weighted by molar-refractivity contribution is 6.06. The number of morpholine rings is 1. The van der Waals surface area contributed by atoms with E-state index in [0.29, 0.717) is 17.3 Å². The summed E-state index contributed by atoms with van der Waals surface area (Å²) < 4.78 is 11.2. The molecule has 2 aromatic rings. The molecule has 8 heteroatoms. The molecule has 3 aliphatic heterocycles. The molecule has 2 saturated heterocycles. The Balaban J connectivity index is 1.45. The van der Waals surface area contributed by atoms with Crippen LogP contribution in [0.25, 0.3) is 11.1 Å². The Morgan fingerprint density at radius 3 is 2.37 bits per heavy atom. The van der Waals surface area contributed by atoms with Gasteiger partial charge in [-0.1, -0.05) is 36.8 Å². The van der Waals surface area contributed by atoms with E-state index in [1.807, 2.05) is 32.9 Å². The van der Waals surface area contributed by atoms with E-state index in [1.54, 1.807) is 0 Å². The number of rotatable bonds is 10. The summed E-state index contributed by atoms with van der Waals surface area (Å²) in [5.41, 5.74) is 7.69. The van der Waals surface area contributed by atoms with Gasteiger partial charge in [-0.05, 0) is 80.5 Å². The van der Waals surface area contributed by atoms with Crippen molar-refractivity contribution >= 4 is 23.2 Å². The SMILES string of the molecule is CCCN(c1cc(-c2ccc(CN3CCOCC3)cc2)cc(C(=O)NCC2C(=O)N=C(C)C=C2C)c1C)C1CCOCC1. The third kappa shape index (κ3) is 7.61. The van der Waals surface area contributed by atoms with Crippen molar-refractivity contribution < 1.29 is 19.1 Å². The summed E-state index contributed by atoms with van der Waals surface area (Å²) in [6.07, 6.45) is 4.86. The molecule has 0 saturated carbocycles. The Morgan fingerprint density at radius 1 is 1.00 bits per heavy atom. The number of amides is 2. The minimum Gasteiger partial charge on any atom is -0.381 e. The van der Waals surface area contributed by atoms with Gasteiger partial charge in [0.15, 0.2) is 0 Å². The average molecular weight is 587 g/mol. The van der Waals surface area contributed by atoms with Crippen molar-refractivity contribution in [2.45, 2.75) is 59.5 Å². The number of dihydropyridines is 1. The second-order valence-corrected chi connectivity index (χ2v) is 12.0. The maximum Gasteiger partial charge on any atom is 0.254 e. The van der Waals surface area contributed by atoms with Gasteiger partial charge in [0.2, 0.25) is 0 Å². The first-order valence-corrected chi connectivity index (χ1v) is 15.8. The van der Waals surface area contributed by atoms with Crippen LogP contribution in [0.2, 0.25) is 0 Å². The van der Waals surface area contributed by atoms with Crippen molar-refractivity contribution in [2.24, 2.45) is 10.9 Å². The maximum atomic E-state index is 13.8. The average Bonchev–Trinajstić information content (AvgIpc) is 3.01. The number of aliphatic imine (C=N–C) groups is 1. The standard InChI is InChI=1S/C35H46N4O4/c1-5-12-39(30-10-15-42-16-11-30)33-21-29(28-8-6-27(7-9-28)23-38-13-17-43-18-14-38)20-31(26(33)4)34(40)36-22-32-24(2)19-25(3)37-35(32)41/h6-9,19-21,30,32H,5,10-18,22-23H2,1-4H3,(H,36,40). The number of carbonyl (C=O) groups is 2. The molecule has 43 heavy (non-hydrogen) atoms. The van der Waals surface area contributed by atoms with Crippen molar-refractivity contribution in [1.82, 2.24) is 10.2 Å². The molecular weight excluding hydrogens is 540 g/mol. The fourth-order valence-electron chi connectivity index (χ4n) is 6.40. The lowest BCUT2D eigenvalue weighted by molar-refractivity contribution is -0.120. The molecule has 1 atom stereocenters.